The maximum absolute atomic E-state index is 9.65. The lowest BCUT2D eigenvalue weighted by molar-refractivity contribution is 0.120. The fraction of sp³-hybridized carbons (Fsp3) is 0.667. The van der Waals surface area contributed by atoms with Gasteiger partial charge in [-0.15, -0.1) is 0 Å². The fourth-order valence-electron chi connectivity index (χ4n) is 3.34. The lowest BCUT2D eigenvalue weighted by Gasteiger charge is -2.28. The van der Waals surface area contributed by atoms with Crippen molar-refractivity contribution in [2.24, 2.45) is 4.99 Å². The van der Waals surface area contributed by atoms with Crippen LogP contribution in [0.1, 0.15) is 51.5 Å². The van der Waals surface area contributed by atoms with Gasteiger partial charge < -0.3 is 15.7 Å². The summed E-state index contributed by atoms with van der Waals surface area (Å²) in [5.41, 5.74) is 1.35. The molecule has 0 heterocycles. The van der Waals surface area contributed by atoms with Crippen LogP contribution in [-0.4, -0.2) is 54.3 Å². The third kappa shape index (κ3) is 7.34. The first-order chi connectivity index (χ1) is 12.6. The summed E-state index contributed by atoms with van der Waals surface area (Å²) in [5.74, 6) is 0.909. The van der Waals surface area contributed by atoms with Crippen molar-refractivity contribution in [1.82, 2.24) is 15.5 Å². The molecule has 0 saturated heterocycles. The lowest BCUT2D eigenvalue weighted by atomic mass is 9.93. The standard InChI is InChI=1S/C21H36N4O/c1-4-22-21(24-19-10-12-20(26)13-11-19)23-15-14-17(2)25(3)16-18-8-6-5-7-9-18/h5-9,17,19-20,26H,4,10-16H2,1-3H3,(H2,22,23,24). The van der Waals surface area contributed by atoms with Gasteiger partial charge in [-0.1, -0.05) is 30.3 Å². The van der Waals surface area contributed by atoms with Gasteiger partial charge in [-0.05, 0) is 58.6 Å². The van der Waals surface area contributed by atoms with Gasteiger partial charge >= 0.3 is 0 Å². The molecule has 1 atom stereocenters. The van der Waals surface area contributed by atoms with Crippen LogP contribution in [-0.2, 0) is 6.54 Å². The van der Waals surface area contributed by atoms with E-state index in [1.165, 1.54) is 5.56 Å². The summed E-state index contributed by atoms with van der Waals surface area (Å²) in [4.78, 5) is 7.14. The first-order valence-corrected chi connectivity index (χ1v) is 10.1. The number of aliphatic hydroxyl groups excluding tert-OH is 1. The minimum atomic E-state index is -0.117. The lowest BCUT2D eigenvalue weighted by Crippen LogP contribution is -2.45. The number of benzene rings is 1. The van der Waals surface area contributed by atoms with E-state index in [4.69, 9.17) is 4.99 Å². The molecule has 1 aromatic carbocycles. The Morgan fingerprint density at radius 1 is 1.23 bits per heavy atom. The Morgan fingerprint density at radius 3 is 2.58 bits per heavy atom. The molecule has 0 aliphatic heterocycles. The van der Waals surface area contributed by atoms with Crippen molar-refractivity contribution in [3.63, 3.8) is 0 Å². The molecule has 1 aromatic rings. The van der Waals surface area contributed by atoms with Gasteiger partial charge in [-0.2, -0.15) is 0 Å². The Labute approximate surface area is 158 Å². The number of nitrogens with zero attached hydrogens (tertiary/aromatic N) is 2. The second-order valence-corrected chi connectivity index (χ2v) is 7.45. The van der Waals surface area contributed by atoms with Gasteiger partial charge in [0.2, 0.25) is 0 Å². The van der Waals surface area contributed by atoms with Crippen LogP contribution in [0.25, 0.3) is 0 Å². The van der Waals surface area contributed by atoms with E-state index in [0.717, 1.165) is 57.7 Å². The average molecular weight is 361 g/mol. The van der Waals surface area contributed by atoms with E-state index in [1.54, 1.807) is 0 Å². The third-order valence-corrected chi connectivity index (χ3v) is 5.23. The summed E-state index contributed by atoms with van der Waals surface area (Å²) in [7, 11) is 2.18. The highest BCUT2D eigenvalue weighted by atomic mass is 16.3. The Kier molecular flexibility index (Phi) is 8.92. The average Bonchev–Trinajstić information content (AvgIpc) is 2.64. The molecule has 1 aliphatic carbocycles. The zero-order valence-corrected chi connectivity index (χ0v) is 16.6. The predicted molar refractivity (Wildman–Crippen MR) is 109 cm³/mol. The normalized spacial score (nSPS) is 22.3. The van der Waals surface area contributed by atoms with E-state index < -0.39 is 0 Å². The van der Waals surface area contributed by atoms with E-state index in [2.05, 4.69) is 66.8 Å². The first kappa shape index (κ1) is 20.7. The van der Waals surface area contributed by atoms with Crippen LogP contribution in [0.15, 0.2) is 35.3 Å². The van der Waals surface area contributed by atoms with E-state index in [0.29, 0.717) is 12.1 Å². The number of aliphatic hydroxyl groups is 1. The molecule has 5 nitrogen and oxygen atoms in total. The fourth-order valence-corrected chi connectivity index (χ4v) is 3.34. The molecule has 3 N–H and O–H groups in total. The summed E-state index contributed by atoms with van der Waals surface area (Å²) < 4.78 is 0. The third-order valence-electron chi connectivity index (χ3n) is 5.23. The summed E-state index contributed by atoms with van der Waals surface area (Å²) in [5, 5.41) is 16.5. The molecule has 1 fully saturated rings. The molecule has 26 heavy (non-hydrogen) atoms. The van der Waals surface area contributed by atoms with Crippen LogP contribution >= 0.6 is 0 Å². The van der Waals surface area contributed by atoms with Crippen LogP contribution in [0.4, 0.5) is 0 Å². The zero-order chi connectivity index (χ0) is 18.8. The van der Waals surface area contributed by atoms with Crippen molar-refractivity contribution >= 4 is 5.96 Å². The minimum absolute atomic E-state index is 0.117. The number of hydrogen-bond donors (Lipinski definition) is 3. The minimum Gasteiger partial charge on any atom is -0.393 e. The van der Waals surface area contributed by atoms with Crippen molar-refractivity contribution in [3.05, 3.63) is 35.9 Å². The quantitative estimate of drug-likeness (QED) is 0.493. The zero-order valence-electron chi connectivity index (χ0n) is 16.6. The van der Waals surface area contributed by atoms with Crippen LogP contribution in [0.5, 0.6) is 0 Å². The highest BCUT2D eigenvalue weighted by Gasteiger charge is 2.20. The molecule has 0 spiro atoms. The number of aliphatic imine (C=N–C) groups is 1. The number of guanidine groups is 1. The predicted octanol–water partition coefficient (Wildman–Crippen LogP) is 2.76. The van der Waals surface area contributed by atoms with Gasteiger partial charge in [0, 0.05) is 31.7 Å². The molecule has 0 amide bonds. The molecule has 1 aliphatic rings. The summed E-state index contributed by atoms with van der Waals surface area (Å²) in [6.45, 7) is 7.00. The maximum atomic E-state index is 9.65. The van der Waals surface area contributed by atoms with Crippen molar-refractivity contribution < 1.29 is 5.11 Å². The molecule has 1 saturated carbocycles. The molecule has 0 radical (unpaired) electrons. The highest BCUT2D eigenvalue weighted by Crippen LogP contribution is 2.18. The van der Waals surface area contributed by atoms with Crippen molar-refractivity contribution in [2.45, 2.75) is 70.7 Å². The van der Waals surface area contributed by atoms with Crippen molar-refractivity contribution in [3.8, 4) is 0 Å². The Morgan fingerprint density at radius 2 is 1.92 bits per heavy atom. The molecule has 5 heteroatoms. The molecule has 2 rings (SSSR count). The number of nitrogens with one attached hydrogen (secondary N) is 2. The van der Waals surface area contributed by atoms with Gasteiger partial charge in [0.1, 0.15) is 0 Å². The Bertz CT molecular complexity index is 526. The molecule has 0 aromatic heterocycles. The Hall–Kier alpha value is -1.59. The molecule has 0 bridgehead atoms. The smallest absolute Gasteiger partial charge is 0.191 e. The summed E-state index contributed by atoms with van der Waals surface area (Å²) in [6.07, 6.45) is 4.72. The van der Waals surface area contributed by atoms with Crippen LogP contribution in [0.3, 0.4) is 0 Å². The van der Waals surface area contributed by atoms with Gasteiger partial charge in [0.15, 0.2) is 5.96 Å². The van der Waals surface area contributed by atoms with Gasteiger partial charge in [-0.3, -0.25) is 9.89 Å². The van der Waals surface area contributed by atoms with Crippen molar-refractivity contribution in [1.29, 1.82) is 0 Å². The van der Waals surface area contributed by atoms with E-state index in [9.17, 15) is 5.11 Å². The molecular formula is C21H36N4O. The first-order valence-electron chi connectivity index (χ1n) is 10.1. The van der Waals surface area contributed by atoms with E-state index in [-0.39, 0.29) is 6.10 Å². The SMILES string of the molecule is CCNC(=NCCC(C)N(C)Cc1ccccc1)NC1CCC(O)CC1. The van der Waals surface area contributed by atoms with Gasteiger partial charge in [-0.25, -0.2) is 0 Å². The molecule has 1 unspecified atom stereocenters. The van der Waals surface area contributed by atoms with Crippen LogP contribution < -0.4 is 10.6 Å². The largest absolute Gasteiger partial charge is 0.393 e. The highest BCUT2D eigenvalue weighted by molar-refractivity contribution is 5.80. The number of rotatable bonds is 8. The monoisotopic (exact) mass is 360 g/mol. The van der Waals surface area contributed by atoms with E-state index >= 15 is 0 Å². The summed E-state index contributed by atoms with van der Waals surface area (Å²) in [6, 6.07) is 11.5. The van der Waals surface area contributed by atoms with Gasteiger partial charge in [0.05, 0.1) is 6.10 Å². The second-order valence-electron chi connectivity index (χ2n) is 7.45. The maximum Gasteiger partial charge on any atom is 0.191 e. The summed E-state index contributed by atoms with van der Waals surface area (Å²) >= 11 is 0. The van der Waals surface area contributed by atoms with Crippen LogP contribution in [0, 0.1) is 0 Å². The van der Waals surface area contributed by atoms with Crippen LogP contribution in [0.2, 0.25) is 0 Å². The molecular weight excluding hydrogens is 324 g/mol. The molecule has 146 valence electrons. The second kappa shape index (κ2) is 11.2. The number of hydrogen-bond acceptors (Lipinski definition) is 3. The topological polar surface area (TPSA) is 59.9 Å². The van der Waals surface area contributed by atoms with Gasteiger partial charge in [0.25, 0.3) is 0 Å². The Balaban J connectivity index is 1.77. The van der Waals surface area contributed by atoms with Crippen molar-refractivity contribution in [2.75, 3.05) is 20.1 Å². The van der Waals surface area contributed by atoms with E-state index in [1.807, 2.05) is 0 Å².